The van der Waals surface area contributed by atoms with E-state index >= 15 is 0 Å². The predicted octanol–water partition coefficient (Wildman–Crippen LogP) is 1.43. The summed E-state index contributed by atoms with van der Waals surface area (Å²) >= 11 is 0. The second-order valence-electron chi connectivity index (χ2n) is 2.90. The minimum atomic E-state index is -0.274. The molecule has 1 unspecified atom stereocenters. The lowest BCUT2D eigenvalue weighted by Gasteiger charge is -2.25. The fourth-order valence-electron chi connectivity index (χ4n) is 1.17. The van der Waals surface area contributed by atoms with Crippen LogP contribution in [0.4, 0.5) is 0 Å². The van der Waals surface area contributed by atoms with E-state index < -0.39 is 0 Å². The molecule has 66 valence electrons. The van der Waals surface area contributed by atoms with Gasteiger partial charge < -0.3 is 4.74 Å². The highest BCUT2D eigenvalue weighted by Crippen LogP contribution is 2.31. The molecule has 0 amide bonds. The van der Waals surface area contributed by atoms with E-state index in [0.29, 0.717) is 17.8 Å². The van der Waals surface area contributed by atoms with E-state index in [1.807, 2.05) is 0 Å². The lowest BCUT2D eigenvalue weighted by molar-refractivity contribution is -0.142. The molecule has 0 fully saturated rings. The van der Waals surface area contributed by atoms with E-state index in [4.69, 9.17) is 4.74 Å². The van der Waals surface area contributed by atoms with Crippen LogP contribution < -0.4 is 0 Å². The number of Topliss-reactive ketones (excluding diaryl/α,β-unsaturated/α-hetero) is 1. The van der Waals surface area contributed by atoms with Gasteiger partial charge in [-0.3, -0.25) is 9.59 Å². The summed E-state index contributed by atoms with van der Waals surface area (Å²) in [5.74, 6) is 0.130. The van der Waals surface area contributed by atoms with Gasteiger partial charge in [-0.15, -0.1) is 0 Å². The van der Waals surface area contributed by atoms with Gasteiger partial charge in [0.15, 0.2) is 5.78 Å². The largest absolute Gasteiger partial charge is 0.430 e. The fraction of sp³-hybridized carbons (Fsp3) is 0.556. The number of hydrogen-bond acceptors (Lipinski definition) is 3. The summed E-state index contributed by atoms with van der Waals surface area (Å²) in [5.41, 5.74) is 0.587. The number of carbonyl (C=O) groups is 2. The van der Waals surface area contributed by atoms with Gasteiger partial charge in [0.25, 0.3) is 0 Å². The van der Waals surface area contributed by atoms with Crippen LogP contribution in [0.3, 0.4) is 0 Å². The average molecular weight is 168 g/mol. The second-order valence-corrected chi connectivity index (χ2v) is 2.90. The Morgan fingerprint density at radius 1 is 1.58 bits per heavy atom. The average Bonchev–Trinajstić information content (AvgIpc) is 2.11. The van der Waals surface area contributed by atoms with E-state index in [0.717, 1.165) is 0 Å². The van der Waals surface area contributed by atoms with Gasteiger partial charge in [-0.25, -0.2) is 0 Å². The number of allylic oxidation sites excluding steroid dienone is 2. The first-order chi connectivity index (χ1) is 5.57. The number of ketones is 1. The summed E-state index contributed by atoms with van der Waals surface area (Å²) in [6.45, 7) is 5.15. The van der Waals surface area contributed by atoms with Crippen molar-refractivity contribution in [1.82, 2.24) is 0 Å². The third-order valence-corrected chi connectivity index (χ3v) is 2.04. The Balaban J connectivity index is 2.66. The fourth-order valence-corrected chi connectivity index (χ4v) is 1.17. The lowest BCUT2D eigenvalue weighted by Crippen LogP contribution is -2.30. The maximum absolute atomic E-state index is 11.0. The van der Waals surface area contributed by atoms with Crippen molar-refractivity contribution in [3.8, 4) is 0 Å². The highest BCUT2D eigenvalue weighted by molar-refractivity contribution is 6.05. The number of hydrogen-bond donors (Lipinski definition) is 0. The molecule has 3 heteroatoms. The first-order valence-electron chi connectivity index (χ1n) is 4.03. The van der Waals surface area contributed by atoms with Crippen LogP contribution >= 0.6 is 0 Å². The molecule has 1 rings (SSSR count). The van der Waals surface area contributed by atoms with Crippen LogP contribution in [-0.4, -0.2) is 11.8 Å². The molecule has 3 nitrogen and oxygen atoms in total. The topological polar surface area (TPSA) is 43.4 Å². The van der Waals surface area contributed by atoms with Crippen molar-refractivity contribution in [2.75, 3.05) is 0 Å². The zero-order valence-corrected chi connectivity index (χ0v) is 7.51. The maximum atomic E-state index is 11.0. The van der Waals surface area contributed by atoms with E-state index in [9.17, 15) is 9.59 Å². The Bertz CT molecular complexity index is 263. The van der Waals surface area contributed by atoms with Crippen LogP contribution in [0, 0.1) is 5.92 Å². The van der Waals surface area contributed by atoms with E-state index in [2.05, 4.69) is 0 Å². The highest BCUT2D eigenvalue weighted by Gasteiger charge is 2.35. The molecule has 0 spiro atoms. The third kappa shape index (κ3) is 1.26. The molecule has 1 aliphatic carbocycles. The van der Waals surface area contributed by atoms with Crippen molar-refractivity contribution in [2.24, 2.45) is 5.92 Å². The smallest absolute Gasteiger partial charge is 0.310 e. The zero-order chi connectivity index (χ0) is 9.30. The molecule has 12 heavy (non-hydrogen) atoms. The SMILES string of the molecule is CCC(=O)OC1=C(C)C(=O)C1C. The predicted molar refractivity (Wildman–Crippen MR) is 43.3 cm³/mol. The molecule has 0 N–H and O–H groups in total. The third-order valence-electron chi connectivity index (χ3n) is 2.04. The van der Waals surface area contributed by atoms with Crippen molar-refractivity contribution in [2.45, 2.75) is 27.2 Å². The number of esters is 1. The monoisotopic (exact) mass is 168 g/mol. The van der Waals surface area contributed by atoms with Crippen molar-refractivity contribution in [3.05, 3.63) is 11.3 Å². The molecule has 0 saturated carbocycles. The number of carbonyl (C=O) groups excluding carboxylic acids is 2. The summed E-state index contributed by atoms with van der Waals surface area (Å²) in [5, 5.41) is 0. The van der Waals surface area contributed by atoms with Crippen molar-refractivity contribution in [1.29, 1.82) is 0 Å². The Morgan fingerprint density at radius 2 is 2.17 bits per heavy atom. The van der Waals surface area contributed by atoms with Gasteiger partial charge in [-0.2, -0.15) is 0 Å². The van der Waals surface area contributed by atoms with Crippen molar-refractivity contribution >= 4 is 11.8 Å². The van der Waals surface area contributed by atoms with E-state index in [1.54, 1.807) is 20.8 Å². The Kier molecular flexibility index (Phi) is 2.31. The minimum absolute atomic E-state index is 0.0777. The molecule has 0 aromatic rings. The van der Waals surface area contributed by atoms with Crippen LogP contribution in [0.25, 0.3) is 0 Å². The van der Waals surface area contributed by atoms with E-state index in [1.165, 1.54) is 0 Å². The molecule has 0 aliphatic heterocycles. The standard InChI is InChI=1S/C9H12O3/c1-4-7(10)12-9-5(2)8(11)6(9)3/h5H,4H2,1-3H3. The first kappa shape index (κ1) is 8.97. The Hall–Kier alpha value is -1.12. The van der Waals surface area contributed by atoms with Gasteiger partial charge in [0.05, 0.1) is 5.92 Å². The van der Waals surface area contributed by atoms with Crippen LogP contribution in [0.1, 0.15) is 27.2 Å². The molecule has 0 aromatic heterocycles. The van der Waals surface area contributed by atoms with E-state index in [-0.39, 0.29) is 17.7 Å². The molecule has 0 radical (unpaired) electrons. The number of rotatable bonds is 2. The van der Waals surface area contributed by atoms with Crippen molar-refractivity contribution in [3.63, 3.8) is 0 Å². The van der Waals surface area contributed by atoms with Crippen LogP contribution in [0.15, 0.2) is 11.3 Å². The van der Waals surface area contributed by atoms with Crippen LogP contribution in [-0.2, 0) is 14.3 Å². The summed E-state index contributed by atoms with van der Waals surface area (Å²) in [6, 6.07) is 0. The quantitative estimate of drug-likeness (QED) is 0.586. The Morgan fingerprint density at radius 3 is 2.58 bits per heavy atom. The van der Waals surface area contributed by atoms with Gasteiger partial charge in [0.2, 0.25) is 0 Å². The maximum Gasteiger partial charge on any atom is 0.310 e. The highest BCUT2D eigenvalue weighted by atomic mass is 16.5. The van der Waals surface area contributed by atoms with Crippen molar-refractivity contribution < 1.29 is 14.3 Å². The summed E-state index contributed by atoms with van der Waals surface area (Å²) in [4.78, 5) is 21.8. The molecule has 0 saturated heterocycles. The molecule has 0 bridgehead atoms. The second kappa shape index (κ2) is 3.09. The van der Waals surface area contributed by atoms with Crippen LogP contribution in [0.5, 0.6) is 0 Å². The molecule has 1 atom stereocenters. The molecule has 0 aromatic carbocycles. The minimum Gasteiger partial charge on any atom is -0.430 e. The lowest BCUT2D eigenvalue weighted by atomic mass is 9.85. The van der Waals surface area contributed by atoms with Gasteiger partial charge in [0.1, 0.15) is 5.76 Å². The normalized spacial score (nSPS) is 22.2. The molecule has 1 aliphatic rings. The number of ether oxygens (including phenoxy) is 1. The van der Waals surface area contributed by atoms with Gasteiger partial charge in [-0.05, 0) is 13.8 Å². The van der Waals surface area contributed by atoms with Crippen LogP contribution in [0.2, 0.25) is 0 Å². The van der Waals surface area contributed by atoms with Gasteiger partial charge in [-0.1, -0.05) is 6.92 Å². The Labute approximate surface area is 71.4 Å². The molecular weight excluding hydrogens is 156 g/mol. The summed E-state index contributed by atoms with van der Waals surface area (Å²) in [7, 11) is 0. The molecular formula is C9H12O3. The summed E-state index contributed by atoms with van der Waals surface area (Å²) in [6.07, 6.45) is 0.345. The molecule has 0 heterocycles. The zero-order valence-electron chi connectivity index (χ0n) is 7.51. The first-order valence-corrected chi connectivity index (χ1v) is 4.03. The van der Waals surface area contributed by atoms with Gasteiger partial charge >= 0.3 is 5.97 Å². The summed E-state index contributed by atoms with van der Waals surface area (Å²) < 4.78 is 4.95. The van der Waals surface area contributed by atoms with Gasteiger partial charge in [0, 0.05) is 12.0 Å².